The third-order valence-corrected chi connectivity index (χ3v) is 4.17. The average molecular weight is 374 g/mol. The van der Waals surface area contributed by atoms with Gasteiger partial charge in [0.2, 0.25) is 0 Å². The number of nitrogens with zero attached hydrogens (tertiary/aromatic N) is 3. The number of amides is 1. The van der Waals surface area contributed by atoms with Crippen LogP contribution in [0.1, 0.15) is 11.3 Å². The van der Waals surface area contributed by atoms with Gasteiger partial charge in [0.05, 0.1) is 5.69 Å². The lowest BCUT2D eigenvalue weighted by Gasteiger charge is -2.10. The molecule has 1 amide bonds. The van der Waals surface area contributed by atoms with E-state index in [1.807, 2.05) is 50.2 Å². The van der Waals surface area contributed by atoms with Gasteiger partial charge in [0.1, 0.15) is 28.7 Å². The number of aromatic nitrogens is 3. The Kier molecular flexibility index (Phi) is 4.63. The molecular formula is C21H18N4O3. The van der Waals surface area contributed by atoms with Gasteiger partial charge in [-0.15, -0.1) is 0 Å². The van der Waals surface area contributed by atoms with Crippen LogP contribution in [0.15, 0.2) is 71.3 Å². The molecule has 0 bridgehead atoms. The summed E-state index contributed by atoms with van der Waals surface area (Å²) in [6, 6.07) is 20.2. The van der Waals surface area contributed by atoms with Crippen molar-refractivity contribution in [2.45, 2.75) is 13.8 Å². The average Bonchev–Trinajstić information content (AvgIpc) is 3.27. The van der Waals surface area contributed by atoms with Crippen LogP contribution in [0.5, 0.6) is 5.75 Å². The van der Waals surface area contributed by atoms with E-state index in [2.05, 4.69) is 15.6 Å². The van der Waals surface area contributed by atoms with Crippen molar-refractivity contribution < 1.29 is 14.1 Å². The minimum atomic E-state index is -0.603. The van der Waals surface area contributed by atoms with Crippen LogP contribution >= 0.6 is 0 Å². The van der Waals surface area contributed by atoms with Crippen molar-refractivity contribution >= 4 is 11.9 Å². The molecule has 140 valence electrons. The van der Waals surface area contributed by atoms with E-state index >= 15 is 0 Å². The molecule has 0 aliphatic rings. The predicted molar refractivity (Wildman–Crippen MR) is 105 cm³/mol. The summed E-state index contributed by atoms with van der Waals surface area (Å²) < 4.78 is 12.2. The minimum Gasteiger partial charge on any atom is -0.410 e. The Morgan fingerprint density at radius 2 is 1.71 bits per heavy atom. The second-order valence-electron chi connectivity index (χ2n) is 6.22. The lowest BCUT2D eigenvalue weighted by atomic mass is 10.2. The van der Waals surface area contributed by atoms with Crippen LogP contribution in [0.3, 0.4) is 0 Å². The fourth-order valence-electron chi connectivity index (χ4n) is 2.84. The minimum absolute atomic E-state index is 0.454. The molecule has 28 heavy (non-hydrogen) atoms. The van der Waals surface area contributed by atoms with Crippen LogP contribution in [0, 0.1) is 13.8 Å². The highest BCUT2D eigenvalue weighted by atomic mass is 16.6. The zero-order chi connectivity index (χ0) is 19.5. The predicted octanol–water partition coefficient (Wildman–Crippen LogP) is 4.76. The van der Waals surface area contributed by atoms with Crippen molar-refractivity contribution in [1.29, 1.82) is 0 Å². The van der Waals surface area contributed by atoms with E-state index in [1.54, 1.807) is 35.0 Å². The molecule has 7 nitrogen and oxygen atoms in total. The monoisotopic (exact) mass is 374 g/mol. The largest absolute Gasteiger partial charge is 0.418 e. The Morgan fingerprint density at radius 1 is 1.04 bits per heavy atom. The SMILES string of the molecule is Cc1cc(-c2nn(-c3ccccc3)c(NC(=O)Oc3ccccc3)c2C)no1. The number of carbonyl (C=O) groups is 1. The Morgan fingerprint density at radius 3 is 2.36 bits per heavy atom. The molecule has 0 atom stereocenters. The van der Waals surface area contributed by atoms with Crippen molar-refractivity contribution in [3.05, 3.63) is 78.1 Å². The Bertz CT molecular complexity index is 1100. The number of hydrogen-bond donors (Lipinski definition) is 1. The molecule has 0 spiro atoms. The first kappa shape index (κ1) is 17.5. The van der Waals surface area contributed by atoms with Gasteiger partial charge in [-0.05, 0) is 38.1 Å². The molecule has 2 heterocycles. The maximum absolute atomic E-state index is 12.5. The number of nitrogens with one attached hydrogen (secondary N) is 1. The summed E-state index contributed by atoms with van der Waals surface area (Å²) in [4.78, 5) is 12.5. The van der Waals surface area contributed by atoms with E-state index in [0.29, 0.717) is 28.7 Å². The molecular weight excluding hydrogens is 356 g/mol. The highest BCUT2D eigenvalue weighted by Crippen LogP contribution is 2.30. The van der Waals surface area contributed by atoms with Crippen molar-refractivity contribution in [3.63, 3.8) is 0 Å². The summed E-state index contributed by atoms with van der Waals surface area (Å²) in [6.45, 7) is 3.68. The van der Waals surface area contributed by atoms with Gasteiger partial charge >= 0.3 is 6.09 Å². The number of para-hydroxylation sites is 2. The quantitative estimate of drug-likeness (QED) is 0.557. The second kappa shape index (κ2) is 7.40. The summed E-state index contributed by atoms with van der Waals surface area (Å²) in [6.07, 6.45) is -0.603. The lowest BCUT2D eigenvalue weighted by Crippen LogP contribution is -2.19. The van der Waals surface area contributed by atoms with Gasteiger partial charge in [0.25, 0.3) is 0 Å². The molecule has 0 saturated heterocycles. The van der Waals surface area contributed by atoms with E-state index < -0.39 is 6.09 Å². The van der Waals surface area contributed by atoms with Crippen LogP contribution in [0.4, 0.5) is 10.6 Å². The summed E-state index contributed by atoms with van der Waals surface area (Å²) in [5.41, 5.74) is 2.77. The van der Waals surface area contributed by atoms with Gasteiger partial charge in [-0.1, -0.05) is 41.6 Å². The third-order valence-electron chi connectivity index (χ3n) is 4.17. The number of benzene rings is 2. The Labute approximate surface area is 161 Å². The van der Waals surface area contributed by atoms with E-state index in [1.165, 1.54) is 0 Å². The molecule has 0 unspecified atom stereocenters. The van der Waals surface area contributed by atoms with Crippen LogP contribution < -0.4 is 10.1 Å². The molecule has 1 N–H and O–H groups in total. The molecule has 7 heteroatoms. The van der Waals surface area contributed by atoms with Crippen molar-refractivity contribution in [2.24, 2.45) is 0 Å². The Balaban J connectivity index is 1.72. The number of aryl methyl sites for hydroxylation is 1. The zero-order valence-electron chi connectivity index (χ0n) is 15.4. The summed E-state index contributed by atoms with van der Waals surface area (Å²) in [7, 11) is 0. The van der Waals surface area contributed by atoms with Gasteiger partial charge in [0.15, 0.2) is 0 Å². The molecule has 0 aliphatic heterocycles. The first-order valence-corrected chi connectivity index (χ1v) is 8.74. The lowest BCUT2D eigenvalue weighted by molar-refractivity contribution is 0.215. The van der Waals surface area contributed by atoms with Crippen LogP contribution in [0.2, 0.25) is 0 Å². The summed E-state index contributed by atoms with van der Waals surface area (Å²) >= 11 is 0. The smallest absolute Gasteiger partial charge is 0.410 e. The van der Waals surface area contributed by atoms with E-state index in [-0.39, 0.29) is 0 Å². The molecule has 2 aromatic heterocycles. The van der Waals surface area contributed by atoms with Crippen LogP contribution in [-0.2, 0) is 0 Å². The van der Waals surface area contributed by atoms with Gasteiger partial charge in [0, 0.05) is 11.6 Å². The van der Waals surface area contributed by atoms with Crippen molar-refractivity contribution in [3.8, 4) is 22.8 Å². The topological polar surface area (TPSA) is 82.2 Å². The fourth-order valence-corrected chi connectivity index (χ4v) is 2.84. The molecule has 4 rings (SSSR count). The molecule has 0 saturated carbocycles. The first-order valence-electron chi connectivity index (χ1n) is 8.74. The van der Waals surface area contributed by atoms with E-state index in [0.717, 1.165) is 11.3 Å². The number of rotatable bonds is 4. The first-order chi connectivity index (χ1) is 13.6. The fraction of sp³-hybridized carbons (Fsp3) is 0.0952. The molecule has 0 fully saturated rings. The zero-order valence-corrected chi connectivity index (χ0v) is 15.4. The van der Waals surface area contributed by atoms with Crippen LogP contribution in [0.25, 0.3) is 17.1 Å². The number of anilines is 1. The summed E-state index contributed by atoms with van der Waals surface area (Å²) in [5.74, 6) is 1.64. The highest BCUT2D eigenvalue weighted by Gasteiger charge is 2.21. The van der Waals surface area contributed by atoms with Gasteiger partial charge in [-0.2, -0.15) is 5.10 Å². The standard InChI is InChI=1S/C21H18N4O3/c1-14-13-18(24-28-14)19-15(2)20(25(23-19)16-9-5-3-6-10-16)22-21(26)27-17-11-7-4-8-12-17/h3-13H,1-2H3,(H,22,26). The highest BCUT2D eigenvalue weighted by molar-refractivity contribution is 5.88. The third kappa shape index (κ3) is 3.50. The molecule has 4 aromatic rings. The van der Waals surface area contributed by atoms with Crippen molar-refractivity contribution in [1.82, 2.24) is 14.9 Å². The molecule has 2 aromatic carbocycles. The molecule has 0 radical (unpaired) electrons. The van der Waals surface area contributed by atoms with Gasteiger partial charge in [-0.3, -0.25) is 5.32 Å². The summed E-state index contributed by atoms with van der Waals surface area (Å²) in [5, 5.41) is 11.5. The second-order valence-corrected chi connectivity index (χ2v) is 6.22. The maximum Gasteiger partial charge on any atom is 0.418 e. The molecule has 0 aliphatic carbocycles. The number of hydrogen-bond acceptors (Lipinski definition) is 5. The normalized spacial score (nSPS) is 10.6. The Hall–Kier alpha value is -3.87. The number of ether oxygens (including phenoxy) is 1. The van der Waals surface area contributed by atoms with Gasteiger partial charge < -0.3 is 9.26 Å². The van der Waals surface area contributed by atoms with Crippen LogP contribution in [-0.4, -0.2) is 21.0 Å². The maximum atomic E-state index is 12.5. The number of carbonyl (C=O) groups excluding carboxylic acids is 1. The van der Waals surface area contributed by atoms with Gasteiger partial charge in [-0.25, -0.2) is 9.48 Å². The van der Waals surface area contributed by atoms with E-state index in [4.69, 9.17) is 9.26 Å². The van der Waals surface area contributed by atoms with E-state index in [9.17, 15) is 4.79 Å². The van der Waals surface area contributed by atoms with Crippen molar-refractivity contribution in [2.75, 3.05) is 5.32 Å².